The second-order valence-corrected chi connectivity index (χ2v) is 19.0. The van der Waals surface area contributed by atoms with Crippen LogP contribution >= 0.6 is 0 Å². The van der Waals surface area contributed by atoms with Crippen LogP contribution < -0.4 is 9.64 Å². The van der Waals surface area contributed by atoms with Crippen LogP contribution in [0.1, 0.15) is 62.7 Å². The minimum atomic E-state index is -2.30. The summed E-state index contributed by atoms with van der Waals surface area (Å²) >= 11 is 0. The molecule has 3 aromatic heterocycles. The summed E-state index contributed by atoms with van der Waals surface area (Å²) in [5.74, 6) is 1.34. The topological polar surface area (TPSA) is 35.2 Å². The number of nitrogens with zero attached hydrogens (tertiary/aromatic N) is 4. The molecule has 0 bridgehead atoms. The van der Waals surface area contributed by atoms with Crippen molar-refractivity contribution in [2.45, 2.75) is 59.4 Å². The van der Waals surface area contributed by atoms with E-state index in [1.165, 1.54) is 0 Å². The van der Waals surface area contributed by atoms with E-state index in [-0.39, 0.29) is 5.41 Å². The third kappa shape index (κ3) is 6.79. The molecule has 11 aromatic rings. The van der Waals surface area contributed by atoms with Gasteiger partial charge in [0.15, 0.2) is 0 Å². The molecule has 0 unspecified atom stereocenters. The maximum absolute atomic E-state index is 8.77. The minimum absolute atomic E-state index is 0.296. The normalized spacial score (nSPS) is 13.9. The van der Waals surface area contributed by atoms with E-state index in [1.807, 2.05) is 62.4 Å². The third-order valence-electron chi connectivity index (χ3n) is 13.6. The van der Waals surface area contributed by atoms with E-state index < -0.39 is 12.7 Å². The van der Waals surface area contributed by atoms with Crippen LogP contribution in [0.5, 0.6) is 11.5 Å². The minimum Gasteiger partial charge on any atom is -0.457 e. The van der Waals surface area contributed by atoms with Crippen molar-refractivity contribution in [3.05, 3.63) is 205 Å². The molecule has 0 aliphatic carbocycles. The van der Waals surface area contributed by atoms with Crippen molar-refractivity contribution in [3.8, 4) is 28.4 Å². The van der Waals surface area contributed by atoms with Crippen molar-refractivity contribution >= 4 is 76.5 Å². The van der Waals surface area contributed by atoms with Crippen molar-refractivity contribution < 1.29 is 10.2 Å². The number of rotatable bonds is 6. The molecule has 4 heterocycles. The van der Waals surface area contributed by atoms with Gasteiger partial charge >= 0.3 is 0 Å². The number of benzene rings is 8. The summed E-state index contributed by atoms with van der Waals surface area (Å²) in [6.07, 6.45) is 1.79. The highest BCUT2D eigenvalue weighted by Crippen LogP contribution is 2.46. The van der Waals surface area contributed by atoms with Crippen LogP contribution in [0, 0.1) is 6.85 Å². The lowest BCUT2D eigenvalue weighted by molar-refractivity contribution is 0.483. The summed E-state index contributed by atoms with van der Waals surface area (Å²) in [7, 11) is 0. The van der Waals surface area contributed by atoms with Crippen LogP contribution in [-0.4, -0.2) is 14.1 Å². The first-order valence-electron chi connectivity index (χ1n) is 25.0. The second-order valence-electron chi connectivity index (χ2n) is 19.0. The van der Waals surface area contributed by atoms with Gasteiger partial charge in [0.05, 0.1) is 27.8 Å². The Hall–Kier alpha value is -7.89. The van der Waals surface area contributed by atoms with Crippen LogP contribution in [0.3, 0.4) is 0 Å². The zero-order valence-electron chi connectivity index (χ0n) is 42.3. The SMILES string of the molecule is [2H]C([2H])([2H])c1cc(-c2cccc3c4ccccc4c4ccccc4c4cccc5c4n(c23)CN5c2cccc(Oc3ccc4c5ccccc5n(-c5cc(C([2H])(C)C)ccn5)c4c3)c2)cc(C(C)(C)C)c1. The van der Waals surface area contributed by atoms with Gasteiger partial charge in [-0.05, 0) is 105 Å². The molecule has 0 atom stereocenters. The first-order valence-corrected chi connectivity index (χ1v) is 23.0. The maximum atomic E-state index is 8.77. The van der Waals surface area contributed by atoms with Gasteiger partial charge < -0.3 is 14.2 Å². The lowest BCUT2D eigenvalue weighted by Gasteiger charge is -2.22. The zero-order valence-corrected chi connectivity index (χ0v) is 38.3. The van der Waals surface area contributed by atoms with Crippen molar-refractivity contribution in [1.82, 2.24) is 14.1 Å². The van der Waals surface area contributed by atoms with Crippen molar-refractivity contribution in [2.24, 2.45) is 0 Å². The molecule has 5 nitrogen and oxygen atoms in total. The van der Waals surface area contributed by atoms with Crippen molar-refractivity contribution in [3.63, 3.8) is 0 Å². The van der Waals surface area contributed by atoms with E-state index in [4.69, 9.17) is 15.2 Å². The number of aryl methyl sites for hydroxylation is 1. The smallest absolute Gasteiger partial charge is 0.137 e. The predicted molar refractivity (Wildman–Crippen MR) is 282 cm³/mol. The lowest BCUT2D eigenvalue weighted by Crippen LogP contribution is -2.15. The predicted octanol–water partition coefficient (Wildman–Crippen LogP) is 17.0. The van der Waals surface area contributed by atoms with Gasteiger partial charge in [0.2, 0.25) is 0 Å². The largest absolute Gasteiger partial charge is 0.457 e. The van der Waals surface area contributed by atoms with Gasteiger partial charge in [-0.15, -0.1) is 0 Å². The number of ether oxygens (including phenoxy) is 1. The van der Waals surface area contributed by atoms with Crippen LogP contribution in [0.25, 0.3) is 82.1 Å². The summed E-state index contributed by atoms with van der Waals surface area (Å²) in [6.45, 7) is 8.38. The molecular weight excluding hydrogens is 817 g/mol. The Balaban J connectivity index is 1.06. The Kier molecular flexibility index (Phi) is 8.48. The highest BCUT2D eigenvalue weighted by atomic mass is 16.5. The third-order valence-corrected chi connectivity index (χ3v) is 13.6. The van der Waals surface area contributed by atoms with Gasteiger partial charge in [-0.3, -0.25) is 4.57 Å². The standard InChI is InChI=1S/C62H52N4O/c1-39(2)41-30-31-63-59(35-41)66-56-26-12-11-22-52(56)53-29-28-46(37-58(53)66)67-45-17-13-16-44(36-45)64-38-65-60-47(42-32-40(3)33-43(34-42)62(4,5)6)23-14-24-54(60)50-20-9-7-18-48(50)49-19-8-10-21-51(49)55-25-15-27-57(64)61(55)65/h7-37,39H,38H2,1-6H3/i3D3,39D. The van der Waals surface area contributed by atoms with E-state index >= 15 is 0 Å². The van der Waals surface area contributed by atoms with Gasteiger partial charge in [0.25, 0.3) is 0 Å². The fourth-order valence-electron chi connectivity index (χ4n) is 10.3. The molecule has 5 heteroatoms. The first-order chi connectivity index (χ1) is 34.1. The molecule has 8 aromatic carbocycles. The number of anilines is 2. The van der Waals surface area contributed by atoms with Crippen LogP contribution in [0.2, 0.25) is 0 Å². The summed E-state index contributed by atoms with van der Waals surface area (Å²) in [5.41, 5.74) is 9.77. The summed E-state index contributed by atoms with van der Waals surface area (Å²) < 4.78 is 46.0. The quantitative estimate of drug-likeness (QED) is 0.167. The van der Waals surface area contributed by atoms with E-state index in [0.29, 0.717) is 23.7 Å². The molecule has 326 valence electrons. The molecule has 0 saturated heterocycles. The fourth-order valence-corrected chi connectivity index (χ4v) is 10.3. The summed E-state index contributed by atoms with van der Waals surface area (Å²) in [5, 5.41) is 8.86. The average Bonchev–Trinajstić information content (AvgIpc) is 3.92. The number of para-hydroxylation sites is 3. The molecule has 0 fully saturated rings. The Bertz CT molecular complexity index is 4010. The Morgan fingerprint density at radius 3 is 1.96 bits per heavy atom. The van der Waals surface area contributed by atoms with Gasteiger partial charge in [-0.25, -0.2) is 4.98 Å². The molecule has 1 aliphatic rings. The monoisotopic (exact) mass is 872 g/mol. The number of aromatic nitrogens is 3. The summed E-state index contributed by atoms with van der Waals surface area (Å²) in [6, 6.07) is 63.1. The average molecular weight is 873 g/mol. The molecule has 67 heavy (non-hydrogen) atoms. The molecule has 0 N–H and O–H groups in total. The molecule has 1 aliphatic heterocycles. The number of hydrogen-bond acceptors (Lipinski definition) is 3. The maximum Gasteiger partial charge on any atom is 0.137 e. The number of hydrogen-bond donors (Lipinski definition) is 0. The lowest BCUT2D eigenvalue weighted by atomic mass is 9.84. The van der Waals surface area contributed by atoms with E-state index in [2.05, 4.69) is 168 Å². The van der Waals surface area contributed by atoms with Gasteiger partial charge in [0, 0.05) is 56.6 Å². The van der Waals surface area contributed by atoms with E-state index in [0.717, 1.165) is 105 Å². The van der Waals surface area contributed by atoms with Crippen LogP contribution in [-0.2, 0) is 12.1 Å². The Labute approximate surface area is 397 Å². The number of fused-ring (bicyclic) bond motifs is 10. The molecule has 0 saturated carbocycles. The van der Waals surface area contributed by atoms with Crippen LogP contribution in [0.4, 0.5) is 11.4 Å². The van der Waals surface area contributed by atoms with E-state index in [1.54, 1.807) is 6.20 Å². The highest BCUT2D eigenvalue weighted by Gasteiger charge is 2.26. The second kappa shape index (κ2) is 15.6. The molecule has 0 spiro atoms. The van der Waals surface area contributed by atoms with Gasteiger partial charge in [-0.1, -0.05) is 162 Å². The molecule has 0 amide bonds. The molecule has 0 radical (unpaired) electrons. The zero-order chi connectivity index (χ0) is 49.0. The fraction of sp³-hybridized carbons (Fsp3) is 0.145. The highest BCUT2D eigenvalue weighted by molar-refractivity contribution is 6.22. The van der Waals surface area contributed by atoms with Gasteiger partial charge in [0.1, 0.15) is 24.0 Å². The summed E-state index contributed by atoms with van der Waals surface area (Å²) in [4.78, 5) is 7.17. The molecular formula is C62H52N4O. The number of pyridine rings is 1. The van der Waals surface area contributed by atoms with Gasteiger partial charge in [-0.2, -0.15) is 0 Å². The molecule has 12 rings (SSSR count). The Morgan fingerprint density at radius 2 is 1.22 bits per heavy atom. The Morgan fingerprint density at radius 1 is 0.582 bits per heavy atom. The van der Waals surface area contributed by atoms with E-state index in [9.17, 15) is 0 Å². The first kappa shape index (κ1) is 36.3. The van der Waals surface area contributed by atoms with Crippen LogP contribution in [0.15, 0.2) is 188 Å². The van der Waals surface area contributed by atoms with Crippen molar-refractivity contribution in [1.29, 1.82) is 0 Å². The van der Waals surface area contributed by atoms with Crippen molar-refractivity contribution in [2.75, 3.05) is 4.90 Å².